The summed E-state index contributed by atoms with van der Waals surface area (Å²) < 4.78 is 15.6. The lowest BCUT2D eigenvalue weighted by molar-refractivity contribution is 0.0980. The first-order valence-electron chi connectivity index (χ1n) is 5.71. The maximum Gasteiger partial charge on any atom is 0.203 e. The molecule has 0 aromatic heterocycles. The van der Waals surface area contributed by atoms with Gasteiger partial charge in [-0.05, 0) is 25.1 Å². The van der Waals surface area contributed by atoms with Crippen LogP contribution in [0.3, 0.4) is 0 Å². The molecule has 0 atom stereocenters. The molecule has 1 rings (SSSR count). The van der Waals surface area contributed by atoms with E-state index in [-0.39, 0.29) is 5.78 Å². The van der Waals surface area contributed by atoms with Gasteiger partial charge in [0.1, 0.15) is 0 Å². The molecular formula is C13H19NO4. The molecule has 0 aliphatic heterocycles. The second-order valence-electron chi connectivity index (χ2n) is 3.73. The van der Waals surface area contributed by atoms with Crippen LogP contribution in [-0.4, -0.2) is 33.7 Å². The summed E-state index contributed by atoms with van der Waals surface area (Å²) in [7, 11) is 4.56. The number of rotatable bonds is 7. The Morgan fingerprint density at radius 2 is 1.67 bits per heavy atom. The minimum absolute atomic E-state index is 0.0136. The van der Waals surface area contributed by atoms with Crippen LogP contribution < -0.4 is 19.9 Å². The van der Waals surface area contributed by atoms with Gasteiger partial charge in [-0.15, -0.1) is 0 Å². The van der Waals surface area contributed by atoms with Crippen LogP contribution in [0.15, 0.2) is 12.1 Å². The Morgan fingerprint density at radius 3 is 2.06 bits per heavy atom. The van der Waals surface area contributed by atoms with Crippen LogP contribution in [0.2, 0.25) is 0 Å². The normalized spacial score (nSPS) is 10.0. The largest absolute Gasteiger partial charge is 0.493 e. The van der Waals surface area contributed by atoms with Gasteiger partial charge in [0.25, 0.3) is 0 Å². The lowest BCUT2D eigenvalue weighted by Gasteiger charge is -2.13. The summed E-state index contributed by atoms with van der Waals surface area (Å²) in [5, 5.41) is 0. The summed E-state index contributed by atoms with van der Waals surface area (Å²) in [5.41, 5.74) is 5.93. The molecule has 0 amide bonds. The van der Waals surface area contributed by atoms with Crippen LogP contribution in [0.5, 0.6) is 17.2 Å². The Morgan fingerprint density at radius 1 is 1.11 bits per heavy atom. The molecule has 5 heteroatoms. The standard InChI is InChI=1S/C13H19NO4/c1-16-11-7-9(10(15)5-4-6-14)8-12(17-2)13(11)18-3/h7-8H,4-6,14H2,1-3H3. The van der Waals surface area contributed by atoms with Crippen molar-refractivity contribution >= 4 is 5.78 Å². The lowest BCUT2D eigenvalue weighted by atomic mass is 10.1. The molecule has 1 aromatic carbocycles. The van der Waals surface area contributed by atoms with E-state index in [1.165, 1.54) is 21.3 Å². The highest BCUT2D eigenvalue weighted by molar-refractivity contribution is 5.97. The van der Waals surface area contributed by atoms with E-state index < -0.39 is 0 Å². The number of benzene rings is 1. The quantitative estimate of drug-likeness (QED) is 0.748. The number of carbonyl (C=O) groups excluding carboxylic acids is 1. The third-order valence-corrected chi connectivity index (χ3v) is 2.59. The zero-order valence-electron chi connectivity index (χ0n) is 11.0. The van der Waals surface area contributed by atoms with Crippen molar-refractivity contribution < 1.29 is 19.0 Å². The number of nitrogens with two attached hydrogens (primary N) is 1. The van der Waals surface area contributed by atoms with Gasteiger partial charge >= 0.3 is 0 Å². The molecule has 0 unspecified atom stereocenters. The number of carbonyl (C=O) groups is 1. The van der Waals surface area contributed by atoms with Crippen molar-refractivity contribution in [3.63, 3.8) is 0 Å². The van der Waals surface area contributed by atoms with Crippen molar-refractivity contribution in [2.45, 2.75) is 12.8 Å². The summed E-state index contributed by atoms with van der Waals surface area (Å²) in [5.74, 6) is 1.45. The average molecular weight is 253 g/mol. The lowest BCUT2D eigenvalue weighted by Crippen LogP contribution is -2.06. The number of hydrogen-bond donors (Lipinski definition) is 1. The zero-order chi connectivity index (χ0) is 13.5. The highest BCUT2D eigenvalue weighted by Crippen LogP contribution is 2.38. The fraction of sp³-hybridized carbons (Fsp3) is 0.462. The molecule has 0 aliphatic carbocycles. The third kappa shape index (κ3) is 3.13. The molecule has 0 bridgehead atoms. The van der Waals surface area contributed by atoms with Crippen LogP contribution in [-0.2, 0) is 0 Å². The van der Waals surface area contributed by atoms with Crippen molar-refractivity contribution in [1.29, 1.82) is 0 Å². The van der Waals surface area contributed by atoms with Gasteiger partial charge < -0.3 is 19.9 Å². The topological polar surface area (TPSA) is 70.8 Å². The van der Waals surface area contributed by atoms with Crippen LogP contribution in [0.25, 0.3) is 0 Å². The van der Waals surface area contributed by atoms with Crippen LogP contribution >= 0.6 is 0 Å². The van der Waals surface area contributed by atoms with Gasteiger partial charge in [-0.25, -0.2) is 0 Å². The third-order valence-electron chi connectivity index (χ3n) is 2.59. The van der Waals surface area contributed by atoms with Gasteiger partial charge in [-0.3, -0.25) is 4.79 Å². The van der Waals surface area contributed by atoms with Crippen molar-refractivity contribution in [2.75, 3.05) is 27.9 Å². The van der Waals surface area contributed by atoms with Gasteiger partial charge in [-0.2, -0.15) is 0 Å². The molecule has 0 fully saturated rings. The van der Waals surface area contributed by atoms with Gasteiger partial charge in [0, 0.05) is 12.0 Å². The predicted molar refractivity (Wildman–Crippen MR) is 68.7 cm³/mol. The molecule has 5 nitrogen and oxygen atoms in total. The smallest absolute Gasteiger partial charge is 0.203 e. The number of ketones is 1. The predicted octanol–water partition coefficient (Wildman–Crippen LogP) is 1.63. The molecule has 0 aliphatic rings. The highest BCUT2D eigenvalue weighted by Gasteiger charge is 2.16. The van der Waals surface area contributed by atoms with Crippen LogP contribution in [0, 0.1) is 0 Å². The first-order valence-corrected chi connectivity index (χ1v) is 5.71. The molecular weight excluding hydrogens is 234 g/mol. The fourth-order valence-corrected chi connectivity index (χ4v) is 1.65. The summed E-state index contributed by atoms with van der Waals surface area (Å²) in [6.07, 6.45) is 1.07. The van der Waals surface area contributed by atoms with E-state index in [4.69, 9.17) is 19.9 Å². The second kappa shape index (κ2) is 6.86. The fourth-order valence-electron chi connectivity index (χ4n) is 1.65. The van der Waals surface area contributed by atoms with Gasteiger partial charge in [0.2, 0.25) is 5.75 Å². The Kier molecular flexibility index (Phi) is 5.45. The summed E-state index contributed by atoms with van der Waals surface area (Å²) in [6.45, 7) is 0.496. The first-order chi connectivity index (χ1) is 8.67. The Bertz CT molecular complexity index is 392. The van der Waals surface area contributed by atoms with E-state index in [9.17, 15) is 4.79 Å². The monoisotopic (exact) mass is 253 g/mol. The van der Waals surface area contributed by atoms with E-state index in [1.807, 2.05) is 0 Å². The molecule has 0 saturated carbocycles. The van der Waals surface area contributed by atoms with Crippen molar-refractivity contribution in [3.05, 3.63) is 17.7 Å². The Balaban J connectivity index is 3.10. The first kappa shape index (κ1) is 14.3. The summed E-state index contributed by atoms with van der Waals surface area (Å²) in [4.78, 5) is 11.9. The molecule has 0 saturated heterocycles. The van der Waals surface area contributed by atoms with E-state index in [2.05, 4.69) is 0 Å². The SMILES string of the molecule is COc1cc(C(=O)CCCN)cc(OC)c1OC. The minimum atomic E-state index is 0.0136. The Labute approximate surface area is 107 Å². The summed E-state index contributed by atoms with van der Waals surface area (Å²) in [6, 6.07) is 3.31. The maximum atomic E-state index is 11.9. The number of ether oxygens (including phenoxy) is 3. The molecule has 1 aromatic rings. The molecule has 18 heavy (non-hydrogen) atoms. The van der Waals surface area contributed by atoms with E-state index in [0.717, 1.165) is 0 Å². The van der Waals surface area contributed by atoms with E-state index in [0.29, 0.717) is 42.2 Å². The highest BCUT2D eigenvalue weighted by atomic mass is 16.5. The Hall–Kier alpha value is -1.75. The van der Waals surface area contributed by atoms with Crippen molar-refractivity contribution in [3.8, 4) is 17.2 Å². The molecule has 0 radical (unpaired) electrons. The second-order valence-corrected chi connectivity index (χ2v) is 3.73. The molecule has 0 heterocycles. The van der Waals surface area contributed by atoms with E-state index >= 15 is 0 Å². The zero-order valence-corrected chi connectivity index (χ0v) is 11.0. The van der Waals surface area contributed by atoms with Gasteiger partial charge in [0.15, 0.2) is 17.3 Å². The minimum Gasteiger partial charge on any atom is -0.493 e. The number of methoxy groups -OCH3 is 3. The van der Waals surface area contributed by atoms with Gasteiger partial charge in [0.05, 0.1) is 21.3 Å². The molecule has 2 N–H and O–H groups in total. The van der Waals surface area contributed by atoms with Gasteiger partial charge in [-0.1, -0.05) is 0 Å². The number of Topliss-reactive ketones (excluding diaryl/α,β-unsaturated/α-hetero) is 1. The summed E-state index contributed by atoms with van der Waals surface area (Å²) >= 11 is 0. The van der Waals surface area contributed by atoms with Crippen LogP contribution in [0.4, 0.5) is 0 Å². The maximum absolute atomic E-state index is 11.9. The van der Waals surface area contributed by atoms with Crippen molar-refractivity contribution in [2.24, 2.45) is 5.73 Å². The van der Waals surface area contributed by atoms with E-state index in [1.54, 1.807) is 12.1 Å². The molecule has 100 valence electrons. The molecule has 0 spiro atoms. The van der Waals surface area contributed by atoms with Crippen molar-refractivity contribution in [1.82, 2.24) is 0 Å². The van der Waals surface area contributed by atoms with Crippen LogP contribution in [0.1, 0.15) is 23.2 Å². The number of hydrogen-bond acceptors (Lipinski definition) is 5. The average Bonchev–Trinajstić information content (AvgIpc) is 2.42.